The second kappa shape index (κ2) is 9.23. The van der Waals surface area contributed by atoms with Gasteiger partial charge in [-0.1, -0.05) is 17.7 Å². The minimum absolute atomic E-state index is 0.0484. The van der Waals surface area contributed by atoms with Gasteiger partial charge in [-0.3, -0.25) is 4.79 Å². The fourth-order valence-corrected chi connectivity index (χ4v) is 2.68. The van der Waals surface area contributed by atoms with Crippen molar-refractivity contribution in [2.45, 2.75) is 13.0 Å². The van der Waals surface area contributed by atoms with Crippen LogP contribution in [0.25, 0.3) is 0 Å². The van der Waals surface area contributed by atoms with Gasteiger partial charge < -0.3 is 19.5 Å². The van der Waals surface area contributed by atoms with Crippen LogP contribution in [0.5, 0.6) is 17.2 Å². The molecule has 5 nitrogen and oxygen atoms in total. The lowest BCUT2D eigenvalue weighted by atomic mass is 10.0. The first kappa shape index (κ1) is 20.5. The number of allylic oxidation sites excluding steroid dienone is 1. The van der Waals surface area contributed by atoms with E-state index in [9.17, 15) is 13.6 Å². The van der Waals surface area contributed by atoms with Gasteiger partial charge in [-0.05, 0) is 36.8 Å². The van der Waals surface area contributed by atoms with Crippen molar-refractivity contribution >= 4 is 23.2 Å². The predicted octanol–water partition coefficient (Wildman–Crippen LogP) is 4.94. The summed E-state index contributed by atoms with van der Waals surface area (Å²) in [5.41, 5.74) is 1.39. The molecule has 27 heavy (non-hydrogen) atoms. The van der Waals surface area contributed by atoms with E-state index in [1.807, 2.05) is 0 Å². The molecular weight excluding hydrogens is 380 g/mol. The number of carbonyl (C=O) groups is 1. The molecule has 2 aromatic rings. The van der Waals surface area contributed by atoms with Gasteiger partial charge in [-0.25, -0.2) is 0 Å². The van der Waals surface area contributed by atoms with E-state index >= 15 is 0 Å². The number of hydrogen-bond donors (Lipinski definition) is 1. The van der Waals surface area contributed by atoms with Crippen molar-refractivity contribution in [3.8, 4) is 17.2 Å². The number of carbonyl (C=O) groups excluding carboxylic acids is 1. The van der Waals surface area contributed by atoms with E-state index in [4.69, 9.17) is 21.1 Å². The number of hydrogen-bond acceptors (Lipinski definition) is 4. The largest absolute Gasteiger partial charge is 0.493 e. The first-order chi connectivity index (χ1) is 12.9. The minimum Gasteiger partial charge on any atom is -0.493 e. The highest BCUT2D eigenvalue weighted by Gasteiger charge is 2.16. The lowest BCUT2D eigenvalue weighted by molar-refractivity contribution is -0.0497. The molecule has 0 radical (unpaired) electrons. The van der Waals surface area contributed by atoms with Crippen LogP contribution in [0.3, 0.4) is 0 Å². The number of ether oxygens (including phenoxy) is 3. The number of methoxy groups -OCH3 is 2. The average Bonchev–Trinajstić information content (AvgIpc) is 2.63. The monoisotopic (exact) mass is 397 g/mol. The molecule has 144 valence electrons. The van der Waals surface area contributed by atoms with E-state index in [0.29, 0.717) is 29.2 Å². The lowest BCUT2D eigenvalue weighted by Gasteiger charge is -2.15. The summed E-state index contributed by atoms with van der Waals surface area (Å²) < 4.78 is 39.5. The maximum absolute atomic E-state index is 12.6. The first-order valence-corrected chi connectivity index (χ1v) is 8.18. The molecule has 0 aromatic heterocycles. The summed E-state index contributed by atoms with van der Waals surface area (Å²) in [4.78, 5) is 12.6. The molecule has 0 bridgehead atoms. The smallest absolute Gasteiger partial charge is 0.387 e. The fraction of sp³-hybridized carbons (Fsp3) is 0.211. The fourth-order valence-electron chi connectivity index (χ4n) is 2.45. The summed E-state index contributed by atoms with van der Waals surface area (Å²) in [5.74, 6) is 0.315. The van der Waals surface area contributed by atoms with Gasteiger partial charge in [-0.15, -0.1) is 6.58 Å². The van der Waals surface area contributed by atoms with E-state index in [1.54, 1.807) is 12.1 Å². The molecule has 0 unspecified atom stereocenters. The molecule has 0 saturated heterocycles. The Bertz CT molecular complexity index is 843. The molecule has 2 aromatic carbocycles. The van der Waals surface area contributed by atoms with Gasteiger partial charge in [0.05, 0.1) is 19.2 Å². The van der Waals surface area contributed by atoms with Gasteiger partial charge in [0.15, 0.2) is 11.5 Å². The summed E-state index contributed by atoms with van der Waals surface area (Å²) >= 11 is 5.90. The van der Waals surface area contributed by atoms with E-state index in [2.05, 4.69) is 16.6 Å². The summed E-state index contributed by atoms with van der Waals surface area (Å²) in [6.45, 7) is 0.703. The highest BCUT2D eigenvalue weighted by atomic mass is 35.5. The Kier molecular flexibility index (Phi) is 7.01. The molecule has 1 amide bonds. The standard InChI is InChI=1S/C19H18ClF2NO4/c1-4-5-11-8-12(9-16(25-2)17(11)26-3)18(24)23-13-6-7-15(14(20)10-13)27-19(21)22/h4,6-10,19H,1,5H2,2-3H3,(H,23,24). The van der Waals surface area contributed by atoms with Crippen molar-refractivity contribution in [1.29, 1.82) is 0 Å². The lowest BCUT2D eigenvalue weighted by Crippen LogP contribution is -2.13. The van der Waals surface area contributed by atoms with Crippen LogP contribution in [0.4, 0.5) is 14.5 Å². The second-order valence-corrected chi connectivity index (χ2v) is 5.75. The Morgan fingerprint density at radius 3 is 2.52 bits per heavy atom. The average molecular weight is 398 g/mol. The molecule has 0 aliphatic carbocycles. The molecule has 0 spiro atoms. The van der Waals surface area contributed by atoms with Crippen LogP contribution in [0, 0.1) is 0 Å². The zero-order chi connectivity index (χ0) is 20.0. The Morgan fingerprint density at radius 2 is 1.96 bits per heavy atom. The van der Waals surface area contributed by atoms with Gasteiger partial charge >= 0.3 is 6.61 Å². The van der Waals surface area contributed by atoms with Gasteiger partial charge in [0.1, 0.15) is 5.75 Å². The molecule has 0 saturated carbocycles. The Morgan fingerprint density at radius 1 is 1.22 bits per heavy atom. The first-order valence-electron chi connectivity index (χ1n) is 7.81. The van der Waals surface area contributed by atoms with Gasteiger partial charge in [-0.2, -0.15) is 8.78 Å². The van der Waals surface area contributed by atoms with Crippen LogP contribution in [0.1, 0.15) is 15.9 Å². The van der Waals surface area contributed by atoms with E-state index < -0.39 is 12.5 Å². The van der Waals surface area contributed by atoms with Crippen molar-refractivity contribution in [2.75, 3.05) is 19.5 Å². The van der Waals surface area contributed by atoms with Crippen molar-refractivity contribution in [3.05, 3.63) is 59.1 Å². The van der Waals surface area contributed by atoms with Crippen LogP contribution < -0.4 is 19.5 Å². The van der Waals surface area contributed by atoms with Crippen molar-refractivity contribution in [3.63, 3.8) is 0 Å². The van der Waals surface area contributed by atoms with Crippen LogP contribution in [0.15, 0.2) is 43.0 Å². The Balaban J connectivity index is 2.28. The third-order valence-electron chi connectivity index (χ3n) is 3.59. The van der Waals surface area contributed by atoms with Crippen molar-refractivity contribution < 1.29 is 27.8 Å². The van der Waals surface area contributed by atoms with Crippen LogP contribution in [-0.2, 0) is 6.42 Å². The van der Waals surface area contributed by atoms with Crippen LogP contribution in [-0.4, -0.2) is 26.7 Å². The summed E-state index contributed by atoms with van der Waals surface area (Å²) in [5, 5.41) is 2.60. The predicted molar refractivity (Wildman–Crippen MR) is 99.5 cm³/mol. The highest BCUT2D eigenvalue weighted by Crippen LogP contribution is 2.34. The Hall–Kier alpha value is -2.80. The number of anilines is 1. The van der Waals surface area contributed by atoms with E-state index in [-0.39, 0.29) is 10.8 Å². The number of benzene rings is 2. The van der Waals surface area contributed by atoms with Crippen molar-refractivity contribution in [2.24, 2.45) is 0 Å². The highest BCUT2D eigenvalue weighted by molar-refractivity contribution is 6.32. The molecule has 0 atom stereocenters. The number of rotatable bonds is 8. The molecule has 0 heterocycles. The van der Waals surface area contributed by atoms with E-state index in [0.717, 1.165) is 5.56 Å². The molecule has 2 rings (SSSR count). The van der Waals surface area contributed by atoms with Crippen LogP contribution >= 0.6 is 11.6 Å². The molecular formula is C19H18ClF2NO4. The normalized spacial score (nSPS) is 10.4. The third-order valence-corrected chi connectivity index (χ3v) is 3.88. The molecule has 0 aliphatic heterocycles. The zero-order valence-electron chi connectivity index (χ0n) is 14.7. The maximum Gasteiger partial charge on any atom is 0.387 e. The summed E-state index contributed by atoms with van der Waals surface area (Å²) in [6.07, 6.45) is 2.16. The maximum atomic E-state index is 12.6. The van der Waals surface area contributed by atoms with Gasteiger partial charge in [0.25, 0.3) is 5.91 Å². The summed E-state index contributed by atoms with van der Waals surface area (Å²) in [6, 6.07) is 7.18. The van der Waals surface area contributed by atoms with E-state index in [1.165, 1.54) is 38.5 Å². The molecule has 0 fully saturated rings. The van der Waals surface area contributed by atoms with Crippen LogP contribution in [0.2, 0.25) is 5.02 Å². The van der Waals surface area contributed by atoms with Gasteiger partial charge in [0, 0.05) is 16.8 Å². The van der Waals surface area contributed by atoms with Crippen molar-refractivity contribution in [1.82, 2.24) is 0 Å². The number of nitrogens with one attached hydrogen (secondary N) is 1. The third kappa shape index (κ3) is 5.10. The topological polar surface area (TPSA) is 56.8 Å². The Labute approximate surface area is 160 Å². The number of alkyl halides is 2. The quantitative estimate of drug-likeness (QED) is 0.641. The molecule has 0 aliphatic rings. The molecule has 8 heteroatoms. The number of halogens is 3. The summed E-state index contributed by atoms with van der Waals surface area (Å²) in [7, 11) is 2.98. The second-order valence-electron chi connectivity index (χ2n) is 5.34. The zero-order valence-corrected chi connectivity index (χ0v) is 15.5. The minimum atomic E-state index is -2.99. The SMILES string of the molecule is C=CCc1cc(C(=O)Nc2ccc(OC(F)F)c(Cl)c2)cc(OC)c1OC. The number of amides is 1. The molecule has 1 N–H and O–H groups in total. The van der Waals surface area contributed by atoms with Gasteiger partial charge in [0.2, 0.25) is 0 Å².